The van der Waals surface area contributed by atoms with E-state index in [0.717, 1.165) is 17.0 Å². The molecule has 0 N–H and O–H groups in total. The Labute approximate surface area is 107 Å². The molecule has 2 rings (SSSR count). The van der Waals surface area contributed by atoms with Crippen LogP contribution in [0.25, 0.3) is 0 Å². The molecular weight excluding hydrogens is 261 g/mol. The Morgan fingerprint density at radius 2 is 1.68 bits per heavy atom. The molecule has 1 aliphatic heterocycles. The second-order valence-corrected chi connectivity index (χ2v) is 4.34. The number of piperazine rings is 1. The van der Waals surface area contributed by atoms with Gasteiger partial charge in [-0.05, 0) is 25.2 Å². The average Bonchev–Trinajstić information content (AvgIpc) is 2.26. The molecular formula is C12H11F3N2O2. The summed E-state index contributed by atoms with van der Waals surface area (Å²) in [5.74, 6) is -1.06. The van der Waals surface area contributed by atoms with E-state index in [1.807, 2.05) is 0 Å². The molecule has 1 heterocycles. The molecule has 0 aliphatic carbocycles. The van der Waals surface area contributed by atoms with Crippen LogP contribution in [0.5, 0.6) is 0 Å². The number of alkyl halides is 3. The highest BCUT2D eigenvalue weighted by molar-refractivity contribution is 6.17. The Hall–Kier alpha value is -1.89. The van der Waals surface area contributed by atoms with Crippen LogP contribution in [0.2, 0.25) is 0 Å². The van der Waals surface area contributed by atoms with Crippen LogP contribution in [0.1, 0.15) is 5.56 Å². The molecule has 0 spiro atoms. The summed E-state index contributed by atoms with van der Waals surface area (Å²) < 4.78 is 37.8. The lowest BCUT2D eigenvalue weighted by atomic mass is 10.1. The van der Waals surface area contributed by atoms with Gasteiger partial charge in [-0.3, -0.25) is 14.5 Å². The number of likely N-dealkylation sites (N-methyl/N-ethyl adjacent to an activating group) is 1. The highest BCUT2D eigenvalue weighted by atomic mass is 19.4. The first-order chi connectivity index (χ1) is 8.79. The van der Waals surface area contributed by atoms with Gasteiger partial charge >= 0.3 is 6.18 Å². The number of anilines is 1. The topological polar surface area (TPSA) is 40.6 Å². The minimum Gasteiger partial charge on any atom is -0.289 e. The lowest BCUT2D eigenvalue weighted by molar-refractivity contribution is -0.138. The maximum absolute atomic E-state index is 12.6. The highest BCUT2D eigenvalue weighted by Gasteiger charge is 2.34. The summed E-state index contributed by atoms with van der Waals surface area (Å²) >= 11 is 0. The second-order valence-electron chi connectivity index (χ2n) is 4.34. The van der Waals surface area contributed by atoms with Crippen molar-refractivity contribution in [1.82, 2.24) is 4.90 Å². The number of amides is 2. The zero-order valence-corrected chi connectivity index (χ0v) is 10.1. The van der Waals surface area contributed by atoms with Crippen LogP contribution in [-0.4, -0.2) is 36.9 Å². The summed E-state index contributed by atoms with van der Waals surface area (Å²) in [6.07, 6.45) is -4.51. The number of hydrogen-bond donors (Lipinski definition) is 0. The molecule has 0 aromatic heterocycles. The van der Waals surface area contributed by atoms with E-state index in [1.54, 1.807) is 7.05 Å². The quantitative estimate of drug-likeness (QED) is 0.728. The van der Waals surface area contributed by atoms with Crippen molar-refractivity contribution in [2.45, 2.75) is 6.18 Å². The van der Waals surface area contributed by atoms with Crippen molar-refractivity contribution in [2.75, 3.05) is 25.0 Å². The fraction of sp³-hybridized carbons (Fsp3) is 0.333. The largest absolute Gasteiger partial charge is 0.416 e. The van der Waals surface area contributed by atoms with Crippen molar-refractivity contribution in [2.24, 2.45) is 0 Å². The van der Waals surface area contributed by atoms with Gasteiger partial charge in [-0.25, -0.2) is 4.90 Å². The van der Waals surface area contributed by atoms with Crippen LogP contribution < -0.4 is 4.90 Å². The number of hydrogen-bond acceptors (Lipinski definition) is 3. The molecule has 0 radical (unpaired) electrons. The van der Waals surface area contributed by atoms with E-state index >= 15 is 0 Å². The summed E-state index contributed by atoms with van der Waals surface area (Å²) in [7, 11) is 1.60. The number of rotatable bonds is 1. The molecule has 0 bridgehead atoms. The van der Waals surface area contributed by atoms with Gasteiger partial charge in [0.2, 0.25) is 11.8 Å². The molecule has 1 fully saturated rings. The van der Waals surface area contributed by atoms with E-state index in [4.69, 9.17) is 0 Å². The van der Waals surface area contributed by atoms with Gasteiger partial charge in [0.25, 0.3) is 0 Å². The molecule has 1 aromatic rings. The lowest BCUT2D eigenvalue weighted by Gasteiger charge is -2.30. The maximum Gasteiger partial charge on any atom is 0.416 e. The average molecular weight is 272 g/mol. The number of imide groups is 1. The van der Waals surface area contributed by atoms with Gasteiger partial charge in [-0.15, -0.1) is 0 Å². The van der Waals surface area contributed by atoms with Gasteiger partial charge < -0.3 is 0 Å². The second kappa shape index (κ2) is 4.65. The number of carbonyl (C=O) groups is 2. The Bertz CT molecular complexity index is 510. The molecule has 4 nitrogen and oxygen atoms in total. The summed E-state index contributed by atoms with van der Waals surface area (Å²) in [5.41, 5.74) is -0.928. The van der Waals surface area contributed by atoms with E-state index in [1.165, 1.54) is 17.0 Å². The molecule has 0 unspecified atom stereocenters. The van der Waals surface area contributed by atoms with Crippen LogP contribution in [0.3, 0.4) is 0 Å². The number of benzene rings is 1. The third-order valence-corrected chi connectivity index (χ3v) is 2.74. The molecule has 2 amide bonds. The van der Waals surface area contributed by atoms with Crippen molar-refractivity contribution >= 4 is 17.5 Å². The highest BCUT2D eigenvalue weighted by Crippen LogP contribution is 2.32. The van der Waals surface area contributed by atoms with Crippen molar-refractivity contribution < 1.29 is 22.8 Å². The third-order valence-electron chi connectivity index (χ3n) is 2.74. The van der Waals surface area contributed by atoms with Crippen molar-refractivity contribution in [3.8, 4) is 0 Å². The number of carbonyl (C=O) groups excluding carboxylic acids is 2. The predicted octanol–water partition coefficient (Wildman–Crippen LogP) is 1.51. The van der Waals surface area contributed by atoms with Crippen molar-refractivity contribution in [3.63, 3.8) is 0 Å². The van der Waals surface area contributed by atoms with Crippen LogP contribution in [0, 0.1) is 0 Å². The Balaban J connectivity index is 2.36. The van der Waals surface area contributed by atoms with E-state index in [9.17, 15) is 22.8 Å². The molecule has 102 valence electrons. The Kier molecular flexibility index (Phi) is 3.32. The van der Waals surface area contributed by atoms with Crippen LogP contribution in [0.15, 0.2) is 24.3 Å². The van der Waals surface area contributed by atoms with E-state index in [0.29, 0.717) is 0 Å². The van der Waals surface area contributed by atoms with Crippen LogP contribution >= 0.6 is 0 Å². The standard InChI is InChI=1S/C12H11F3N2O2/c1-16-6-10(18)17(11(19)7-16)9-4-2-3-8(5-9)12(13,14)15/h2-5H,6-7H2,1H3. The molecule has 0 saturated carbocycles. The first kappa shape index (κ1) is 13.5. The zero-order chi connectivity index (χ0) is 14.2. The minimum atomic E-state index is -4.51. The molecule has 7 heteroatoms. The van der Waals surface area contributed by atoms with E-state index in [2.05, 4.69) is 0 Å². The van der Waals surface area contributed by atoms with Gasteiger partial charge in [-0.1, -0.05) is 6.07 Å². The first-order valence-electron chi connectivity index (χ1n) is 5.50. The maximum atomic E-state index is 12.6. The van der Waals surface area contributed by atoms with E-state index < -0.39 is 23.6 Å². The summed E-state index contributed by atoms with van der Waals surface area (Å²) in [4.78, 5) is 25.8. The van der Waals surface area contributed by atoms with Crippen LogP contribution in [0.4, 0.5) is 18.9 Å². The molecule has 1 aliphatic rings. The molecule has 1 saturated heterocycles. The molecule has 0 atom stereocenters. The van der Waals surface area contributed by atoms with Gasteiger partial charge in [0.15, 0.2) is 0 Å². The summed E-state index contributed by atoms with van der Waals surface area (Å²) in [6, 6.07) is 4.20. The minimum absolute atomic E-state index is 0.00197. The monoisotopic (exact) mass is 272 g/mol. The lowest BCUT2D eigenvalue weighted by Crippen LogP contribution is -2.52. The number of halogens is 3. The van der Waals surface area contributed by atoms with Gasteiger partial charge in [0, 0.05) is 0 Å². The van der Waals surface area contributed by atoms with Crippen LogP contribution in [-0.2, 0) is 15.8 Å². The first-order valence-corrected chi connectivity index (χ1v) is 5.50. The Morgan fingerprint density at radius 1 is 1.11 bits per heavy atom. The SMILES string of the molecule is CN1CC(=O)N(c2cccc(C(F)(F)F)c2)C(=O)C1. The van der Waals surface area contributed by atoms with Crippen molar-refractivity contribution in [1.29, 1.82) is 0 Å². The number of nitrogens with zero attached hydrogens (tertiary/aromatic N) is 2. The fourth-order valence-corrected chi connectivity index (χ4v) is 1.91. The van der Waals surface area contributed by atoms with Gasteiger partial charge in [-0.2, -0.15) is 13.2 Å². The van der Waals surface area contributed by atoms with Gasteiger partial charge in [0.1, 0.15) is 0 Å². The normalized spacial score (nSPS) is 18.0. The van der Waals surface area contributed by atoms with Gasteiger partial charge in [0.05, 0.1) is 24.3 Å². The summed E-state index contributed by atoms with van der Waals surface area (Å²) in [6.45, 7) is 0.00394. The third kappa shape index (κ3) is 2.76. The molecule has 19 heavy (non-hydrogen) atoms. The smallest absolute Gasteiger partial charge is 0.289 e. The van der Waals surface area contributed by atoms with Crippen molar-refractivity contribution in [3.05, 3.63) is 29.8 Å². The fourth-order valence-electron chi connectivity index (χ4n) is 1.91. The summed E-state index contributed by atoms with van der Waals surface area (Å²) in [5, 5.41) is 0. The molecule has 1 aromatic carbocycles. The Morgan fingerprint density at radius 3 is 2.21 bits per heavy atom. The van der Waals surface area contributed by atoms with E-state index in [-0.39, 0.29) is 18.8 Å². The zero-order valence-electron chi connectivity index (χ0n) is 10.1. The predicted molar refractivity (Wildman–Crippen MR) is 61.4 cm³/mol.